The standard InChI is InChI=1S/C21H16N6O4/c28-19-9-8-14(11-18(19)27(30)31)12-23-25-20(29)13-26-17-7-2-1-5-15(17)24-21(26)16-6-3-4-10-22-16/h1-12,28H,13H2,(H,25,29)/b23-12+. The van der Waals surface area contributed by atoms with Crippen molar-refractivity contribution in [2.24, 2.45) is 5.10 Å². The number of fused-ring (bicyclic) bond motifs is 1. The number of hydrogen-bond acceptors (Lipinski definition) is 7. The van der Waals surface area contributed by atoms with Crippen molar-refractivity contribution < 1.29 is 14.8 Å². The van der Waals surface area contributed by atoms with Gasteiger partial charge in [0, 0.05) is 17.8 Å². The Hall–Kier alpha value is -4.60. The molecule has 0 aliphatic carbocycles. The van der Waals surface area contributed by atoms with Crippen LogP contribution in [-0.2, 0) is 11.3 Å². The number of imidazole rings is 1. The third-order valence-corrected chi connectivity index (χ3v) is 4.45. The van der Waals surface area contributed by atoms with E-state index in [1.807, 2.05) is 36.4 Å². The first-order chi connectivity index (χ1) is 15.0. The number of carbonyl (C=O) groups is 1. The number of pyridine rings is 1. The highest BCUT2D eigenvalue weighted by molar-refractivity contribution is 5.86. The van der Waals surface area contributed by atoms with E-state index in [0.29, 0.717) is 17.1 Å². The summed E-state index contributed by atoms with van der Waals surface area (Å²) < 4.78 is 1.74. The molecule has 2 aromatic heterocycles. The fourth-order valence-electron chi connectivity index (χ4n) is 3.05. The lowest BCUT2D eigenvalue weighted by Crippen LogP contribution is -2.23. The quantitative estimate of drug-likeness (QED) is 0.282. The van der Waals surface area contributed by atoms with Crippen molar-refractivity contribution in [3.8, 4) is 17.3 Å². The number of rotatable bonds is 6. The second-order valence-corrected chi connectivity index (χ2v) is 6.52. The van der Waals surface area contributed by atoms with Crippen LogP contribution < -0.4 is 5.43 Å². The number of phenols is 1. The van der Waals surface area contributed by atoms with Crippen LogP contribution in [0.1, 0.15) is 5.56 Å². The van der Waals surface area contributed by atoms with Gasteiger partial charge in [-0.3, -0.25) is 19.9 Å². The predicted octanol–water partition coefficient (Wildman–Crippen LogP) is 2.86. The molecule has 154 valence electrons. The number of benzene rings is 2. The fourth-order valence-corrected chi connectivity index (χ4v) is 3.05. The number of nitrogens with zero attached hydrogens (tertiary/aromatic N) is 5. The summed E-state index contributed by atoms with van der Waals surface area (Å²) in [6.07, 6.45) is 2.91. The highest BCUT2D eigenvalue weighted by Gasteiger charge is 2.16. The lowest BCUT2D eigenvalue weighted by molar-refractivity contribution is -0.385. The Morgan fingerprint density at radius 3 is 2.77 bits per heavy atom. The summed E-state index contributed by atoms with van der Waals surface area (Å²) in [7, 11) is 0. The lowest BCUT2D eigenvalue weighted by Gasteiger charge is -2.07. The largest absolute Gasteiger partial charge is 0.502 e. The topological polar surface area (TPSA) is 136 Å². The van der Waals surface area contributed by atoms with E-state index >= 15 is 0 Å². The Kier molecular flexibility index (Phi) is 5.35. The minimum atomic E-state index is -0.700. The van der Waals surface area contributed by atoms with Gasteiger partial charge in [-0.15, -0.1) is 0 Å². The first kappa shape index (κ1) is 19.7. The molecule has 0 aliphatic heterocycles. The average Bonchev–Trinajstić information content (AvgIpc) is 3.14. The van der Waals surface area contributed by atoms with Crippen molar-refractivity contribution in [1.82, 2.24) is 20.0 Å². The van der Waals surface area contributed by atoms with Crippen LogP contribution in [-0.4, -0.2) is 36.7 Å². The van der Waals surface area contributed by atoms with Crippen molar-refractivity contribution in [1.29, 1.82) is 0 Å². The van der Waals surface area contributed by atoms with Crippen LogP contribution in [0.2, 0.25) is 0 Å². The maximum absolute atomic E-state index is 12.5. The van der Waals surface area contributed by atoms with Crippen LogP contribution in [0.25, 0.3) is 22.6 Å². The summed E-state index contributed by atoms with van der Waals surface area (Å²) in [5.74, 6) is -0.305. The zero-order valence-electron chi connectivity index (χ0n) is 16.0. The molecule has 0 atom stereocenters. The number of carbonyl (C=O) groups excluding carboxylic acids is 1. The van der Waals surface area contributed by atoms with Gasteiger partial charge in [-0.1, -0.05) is 18.2 Å². The summed E-state index contributed by atoms with van der Waals surface area (Å²) in [6, 6.07) is 16.7. The predicted molar refractivity (Wildman–Crippen MR) is 113 cm³/mol. The number of para-hydroxylation sites is 2. The molecule has 10 nitrogen and oxygen atoms in total. The molecule has 0 fully saturated rings. The summed E-state index contributed by atoms with van der Waals surface area (Å²) in [6.45, 7) is -0.0561. The Morgan fingerprint density at radius 1 is 1.19 bits per heavy atom. The third-order valence-electron chi connectivity index (χ3n) is 4.45. The van der Waals surface area contributed by atoms with Crippen LogP contribution in [0, 0.1) is 10.1 Å². The van der Waals surface area contributed by atoms with Gasteiger partial charge >= 0.3 is 5.69 Å². The van der Waals surface area contributed by atoms with Crippen LogP contribution in [0.5, 0.6) is 5.75 Å². The molecular weight excluding hydrogens is 400 g/mol. The number of amides is 1. The number of aromatic nitrogens is 3. The van der Waals surface area contributed by atoms with E-state index in [9.17, 15) is 20.0 Å². The second kappa shape index (κ2) is 8.41. The van der Waals surface area contributed by atoms with E-state index in [1.165, 1.54) is 18.3 Å². The van der Waals surface area contributed by atoms with Crippen LogP contribution >= 0.6 is 0 Å². The molecule has 0 aliphatic rings. The number of hydrogen-bond donors (Lipinski definition) is 2. The first-order valence-corrected chi connectivity index (χ1v) is 9.19. The van der Waals surface area contributed by atoms with E-state index in [-0.39, 0.29) is 6.54 Å². The van der Waals surface area contributed by atoms with Gasteiger partial charge in [-0.05, 0) is 36.4 Å². The van der Waals surface area contributed by atoms with Crippen molar-refractivity contribution in [3.05, 3.63) is 82.5 Å². The number of phenolic OH excluding ortho intramolecular Hbond substituents is 1. The molecule has 1 amide bonds. The molecule has 2 N–H and O–H groups in total. The molecule has 0 unspecified atom stereocenters. The molecule has 2 aromatic carbocycles. The zero-order valence-corrected chi connectivity index (χ0v) is 16.0. The van der Waals surface area contributed by atoms with E-state index in [0.717, 1.165) is 17.1 Å². The fraction of sp³-hybridized carbons (Fsp3) is 0.0476. The number of hydrazone groups is 1. The molecule has 0 saturated heterocycles. The number of nitrogens with one attached hydrogen (secondary N) is 1. The summed E-state index contributed by atoms with van der Waals surface area (Å²) in [5.41, 5.74) is 4.45. The van der Waals surface area contributed by atoms with Crippen LogP contribution in [0.3, 0.4) is 0 Å². The lowest BCUT2D eigenvalue weighted by atomic mass is 10.2. The van der Waals surface area contributed by atoms with Crippen LogP contribution in [0.4, 0.5) is 5.69 Å². The van der Waals surface area contributed by atoms with E-state index in [4.69, 9.17) is 0 Å². The Balaban J connectivity index is 1.55. The van der Waals surface area contributed by atoms with Gasteiger partial charge in [0.1, 0.15) is 12.2 Å². The Labute approximate surface area is 175 Å². The van der Waals surface area contributed by atoms with Gasteiger partial charge < -0.3 is 9.67 Å². The highest BCUT2D eigenvalue weighted by Crippen LogP contribution is 2.25. The maximum Gasteiger partial charge on any atom is 0.311 e. The van der Waals surface area contributed by atoms with E-state index in [1.54, 1.807) is 16.8 Å². The van der Waals surface area contributed by atoms with Crippen molar-refractivity contribution >= 4 is 28.8 Å². The summed E-state index contributed by atoms with van der Waals surface area (Å²) in [5, 5.41) is 24.3. The smallest absolute Gasteiger partial charge is 0.311 e. The number of aromatic hydroxyl groups is 1. The molecule has 0 bridgehead atoms. The Bertz CT molecular complexity index is 1300. The third kappa shape index (κ3) is 4.22. The van der Waals surface area contributed by atoms with Gasteiger partial charge in [-0.25, -0.2) is 10.4 Å². The van der Waals surface area contributed by atoms with Gasteiger partial charge in [0.15, 0.2) is 11.6 Å². The first-order valence-electron chi connectivity index (χ1n) is 9.19. The number of nitro groups is 1. The van der Waals surface area contributed by atoms with Gasteiger partial charge in [0.05, 0.1) is 22.2 Å². The molecular formula is C21H16N6O4. The van der Waals surface area contributed by atoms with E-state index < -0.39 is 22.3 Å². The highest BCUT2D eigenvalue weighted by atomic mass is 16.6. The number of nitro benzene ring substituents is 1. The minimum Gasteiger partial charge on any atom is -0.502 e. The maximum atomic E-state index is 12.5. The summed E-state index contributed by atoms with van der Waals surface area (Å²) in [4.78, 5) is 31.6. The van der Waals surface area contributed by atoms with Crippen molar-refractivity contribution in [2.45, 2.75) is 6.54 Å². The molecule has 4 aromatic rings. The van der Waals surface area contributed by atoms with Gasteiger partial charge in [0.25, 0.3) is 5.91 Å². The van der Waals surface area contributed by atoms with Crippen molar-refractivity contribution in [3.63, 3.8) is 0 Å². The van der Waals surface area contributed by atoms with Crippen molar-refractivity contribution in [2.75, 3.05) is 0 Å². The normalized spacial score (nSPS) is 11.1. The van der Waals surface area contributed by atoms with Crippen LogP contribution in [0.15, 0.2) is 72.0 Å². The molecule has 0 radical (unpaired) electrons. The molecule has 0 saturated carbocycles. The monoisotopic (exact) mass is 416 g/mol. The molecule has 4 rings (SSSR count). The summed E-state index contributed by atoms with van der Waals surface area (Å²) >= 11 is 0. The average molecular weight is 416 g/mol. The molecule has 31 heavy (non-hydrogen) atoms. The van der Waals surface area contributed by atoms with Gasteiger partial charge in [0.2, 0.25) is 0 Å². The minimum absolute atomic E-state index is 0.0561. The molecule has 0 spiro atoms. The molecule has 10 heteroatoms. The van der Waals surface area contributed by atoms with Gasteiger partial charge in [-0.2, -0.15) is 5.10 Å². The zero-order chi connectivity index (χ0) is 21.8. The molecule has 2 heterocycles. The Morgan fingerprint density at radius 2 is 2.00 bits per heavy atom. The SMILES string of the molecule is O=C(Cn1c(-c2ccccn2)nc2ccccc21)N/N=C/c1ccc(O)c([N+](=O)[O-])c1. The van der Waals surface area contributed by atoms with E-state index in [2.05, 4.69) is 20.5 Å². The second-order valence-electron chi connectivity index (χ2n) is 6.52.